The van der Waals surface area contributed by atoms with Crippen molar-refractivity contribution in [3.63, 3.8) is 0 Å². The van der Waals surface area contributed by atoms with Crippen LogP contribution in [0.2, 0.25) is 0 Å². The van der Waals surface area contributed by atoms with Gasteiger partial charge in [0, 0.05) is 0 Å². The summed E-state index contributed by atoms with van der Waals surface area (Å²) in [5.41, 5.74) is -0.968. The molecule has 0 heterocycles. The Morgan fingerprint density at radius 3 is 1.31 bits per heavy atom. The first kappa shape index (κ1) is 15.7. The third-order valence-corrected chi connectivity index (χ3v) is 0.779. The Balaban J connectivity index is -0.000000605. The van der Waals surface area contributed by atoms with E-state index in [1.807, 2.05) is 0 Å². The van der Waals surface area contributed by atoms with E-state index in [0.717, 1.165) is 0 Å². The molecular formula is C9H19NaO3. The first-order valence-corrected chi connectivity index (χ1v) is 4.02. The molecule has 0 amide bonds. The topological polar surface area (TPSA) is 35.5 Å². The van der Waals surface area contributed by atoms with Crippen molar-refractivity contribution in [3.8, 4) is 0 Å². The monoisotopic (exact) mass is 198 g/mol. The fraction of sp³-hybridized carbons (Fsp3) is 0.889. The maximum absolute atomic E-state index is 11.0. The second-order valence-electron chi connectivity index (χ2n) is 4.68. The predicted molar refractivity (Wildman–Crippen MR) is 48.2 cm³/mol. The molecule has 4 heteroatoms. The molecule has 0 atom stereocenters. The zero-order valence-corrected chi connectivity index (χ0v) is 11.7. The molecule has 0 radical (unpaired) electrons. The van der Waals surface area contributed by atoms with Crippen LogP contribution in [-0.2, 0) is 9.47 Å². The number of hydrogen-bond donors (Lipinski definition) is 0. The van der Waals surface area contributed by atoms with Crippen molar-refractivity contribution < 1.29 is 45.3 Å². The van der Waals surface area contributed by atoms with Gasteiger partial charge >= 0.3 is 35.7 Å². The van der Waals surface area contributed by atoms with Gasteiger partial charge in [-0.05, 0) is 41.5 Å². The number of carbonyl (C=O) groups is 1. The molecule has 0 fully saturated rings. The molecule has 0 aliphatic carbocycles. The van der Waals surface area contributed by atoms with Crippen molar-refractivity contribution >= 4 is 6.16 Å². The molecule has 0 N–H and O–H groups in total. The van der Waals surface area contributed by atoms with Crippen LogP contribution in [0.3, 0.4) is 0 Å². The van der Waals surface area contributed by atoms with E-state index in [0.29, 0.717) is 0 Å². The van der Waals surface area contributed by atoms with E-state index in [4.69, 9.17) is 9.47 Å². The van der Waals surface area contributed by atoms with Crippen LogP contribution in [0.5, 0.6) is 0 Å². The molecule has 0 aromatic rings. The van der Waals surface area contributed by atoms with Gasteiger partial charge in [0.15, 0.2) is 0 Å². The molecule has 0 aromatic carbocycles. The summed E-state index contributed by atoms with van der Waals surface area (Å²) in [6.45, 7) is 10.8. The Kier molecular flexibility index (Phi) is 6.32. The molecule has 0 spiro atoms. The number of ether oxygens (including phenoxy) is 2. The molecule has 0 rings (SSSR count). The molecule has 0 unspecified atom stereocenters. The van der Waals surface area contributed by atoms with Crippen molar-refractivity contribution in [2.45, 2.75) is 52.7 Å². The second kappa shape index (κ2) is 5.23. The standard InChI is InChI=1S/C9H18O3.Na.H/c1-8(2,3)11-7(10)12-9(4,5)6;;/h1-6H3;;/q;+1;-1. The van der Waals surface area contributed by atoms with Crippen molar-refractivity contribution in [3.05, 3.63) is 0 Å². The minimum absolute atomic E-state index is 0. The van der Waals surface area contributed by atoms with Crippen molar-refractivity contribution in [1.29, 1.82) is 0 Å². The Labute approximate surface area is 104 Å². The van der Waals surface area contributed by atoms with E-state index in [9.17, 15) is 4.79 Å². The van der Waals surface area contributed by atoms with Crippen LogP contribution < -0.4 is 29.6 Å². The molecule has 13 heavy (non-hydrogen) atoms. The molecule has 3 nitrogen and oxygen atoms in total. The Morgan fingerprint density at radius 2 is 1.15 bits per heavy atom. The van der Waals surface area contributed by atoms with Gasteiger partial charge in [0.25, 0.3) is 0 Å². The van der Waals surface area contributed by atoms with Gasteiger partial charge in [0.1, 0.15) is 11.2 Å². The summed E-state index contributed by atoms with van der Waals surface area (Å²) in [5.74, 6) is 0. The van der Waals surface area contributed by atoms with Gasteiger partial charge in [0.2, 0.25) is 0 Å². The van der Waals surface area contributed by atoms with Crippen LogP contribution >= 0.6 is 0 Å². The Bertz CT molecular complexity index is 152. The Hall–Kier alpha value is 0.270. The van der Waals surface area contributed by atoms with Gasteiger partial charge < -0.3 is 10.9 Å². The molecule has 0 aliphatic heterocycles. The van der Waals surface area contributed by atoms with E-state index in [2.05, 4.69) is 0 Å². The summed E-state index contributed by atoms with van der Waals surface area (Å²) in [7, 11) is 0. The van der Waals surface area contributed by atoms with Gasteiger partial charge in [-0.15, -0.1) is 0 Å². The summed E-state index contributed by atoms with van der Waals surface area (Å²) in [6.07, 6.45) is -0.616. The average Bonchev–Trinajstić information content (AvgIpc) is 1.49. The maximum Gasteiger partial charge on any atom is 1.00 e. The van der Waals surface area contributed by atoms with E-state index >= 15 is 0 Å². The zero-order chi connectivity index (χ0) is 9.99. The first-order chi connectivity index (χ1) is 5.10. The molecule has 0 aromatic heterocycles. The maximum atomic E-state index is 11.0. The summed E-state index contributed by atoms with van der Waals surface area (Å²) in [5, 5.41) is 0. The quantitative estimate of drug-likeness (QED) is 0.401. The third-order valence-electron chi connectivity index (χ3n) is 0.779. The average molecular weight is 198 g/mol. The predicted octanol–water partition coefficient (Wildman–Crippen LogP) is -0.147. The van der Waals surface area contributed by atoms with Crippen LogP contribution in [0.25, 0.3) is 0 Å². The SMILES string of the molecule is CC(C)(C)OC(=O)OC(C)(C)C.[H-].[Na+]. The molecule has 74 valence electrons. The van der Waals surface area contributed by atoms with Crippen molar-refractivity contribution in [2.24, 2.45) is 0 Å². The summed E-state index contributed by atoms with van der Waals surface area (Å²) < 4.78 is 9.91. The molecular weight excluding hydrogens is 179 g/mol. The molecule has 0 aliphatic rings. The van der Waals surface area contributed by atoms with Crippen molar-refractivity contribution in [2.75, 3.05) is 0 Å². The minimum atomic E-state index is -0.616. The van der Waals surface area contributed by atoms with Gasteiger partial charge in [-0.2, -0.15) is 0 Å². The first-order valence-electron chi connectivity index (χ1n) is 4.02. The van der Waals surface area contributed by atoms with Crippen LogP contribution in [0.1, 0.15) is 43.0 Å². The summed E-state index contributed by atoms with van der Waals surface area (Å²) in [4.78, 5) is 11.0. The minimum Gasteiger partial charge on any atom is -1.00 e. The van der Waals surface area contributed by atoms with Gasteiger partial charge in [0.05, 0.1) is 0 Å². The zero-order valence-electron chi connectivity index (χ0n) is 10.7. The molecule has 0 saturated carbocycles. The van der Waals surface area contributed by atoms with E-state index in [-0.39, 0.29) is 31.0 Å². The Morgan fingerprint density at radius 1 is 0.923 bits per heavy atom. The number of hydrogen-bond acceptors (Lipinski definition) is 3. The summed E-state index contributed by atoms with van der Waals surface area (Å²) >= 11 is 0. The van der Waals surface area contributed by atoms with Crippen LogP contribution in [0.15, 0.2) is 0 Å². The second-order valence-corrected chi connectivity index (χ2v) is 4.68. The number of rotatable bonds is 0. The largest absolute Gasteiger partial charge is 1.00 e. The van der Waals surface area contributed by atoms with Gasteiger partial charge in [-0.1, -0.05) is 0 Å². The van der Waals surface area contributed by atoms with Crippen molar-refractivity contribution in [1.82, 2.24) is 0 Å². The van der Waals surface area contributed by atoms with Gasteiger partial charge in [-0.25, -0.2) is 4.79 Å². The van der Waals surface area contributed by atoms with Crippen LogP contribution in [0.4, 0.5) is 4.79 Å². The van der Waals surface area contributed by atoms with Crippen LogP contribution in [0, 0.1) is 0 Å². The fourth-order valence-electron chi connectivity index (χ4n) is 0.521. The fourth-order valence-corrected chi connectivity index (χ4v) is 0.521. The molecule has 0 saturated heterocycles. The smallest absolute Gasteiger partial charge is 1.00 e. The molecule has 0 bridgehead atoms. The summed E-state index contributed by atoms with van der Waals surface area (Å²) in [6, 6.07) is 0. The van der Waals surface area contributed by atoms with Gasteiger partial charge in [-0.3, -0.25) is 0 Å². The van der Waals surface area contributed by atoms with E-state index in [1.165, 1.54) is 0 Å². The normalized spacial score (nSPS) is 11.5. The van der Waals surface area contributed by atoms with E-state index in [1.54, 1.807) is 41.5 Å². The third kappa shape index (κ3) is 12.3. The van der Waals surface area contributed by atoms with Crippen LogP contribution in [-0.4, -0.2) is 17.4 Å². The van der Waals surface area contributed by atoms with E-state index < -0.39 is 17.4 Å². The number of carbonyl (C=O) groups excluding carboxylic acids is 1.